The van der Waals surface area contributed by atoms with Crippen molar-refractivity contribution in [2.24, 2.45) is 11.1 Å². The fourth-order valence-corrected chi connectivity index (χ4v) is 4.09. The molecular weight excluding hydrogens is 461 g/mol. The van der Waals surface area contributed by atoms with Crippen molar-refractivity contribution in [3.63, 3.8) is 0 Å². The summed E-state index contributed by atoms with van der Waals surface area (Å²) in [6.07, 6.45) is 1.30. The molecule has 1 aromatic carbocycles. The van der Waals surface area contributed by atoms with Gasteiger partial charge in [-0.05, 0) is 49.6 Å². The Morgan fingerprint density at radius 3 is 2.41 bits per heavy atom. The van der Waals surface area contributed by atoms with E-state index in [-0.39, 0.29) is 40.3 Å². The quantitative estimate of drug-likeness (QED) is 0.176. The molecule has 0 aliphatic heterocycles. The molecule has 5 N–H and O–H groups in total. The number of carboxylic acid groups (broad SMARTS) is 1. The molecule has 0 bridgehead atoms. The molecule has 11 heteroatoms. The monoisotopic (exact) mass is 485 g/mol. The molecule has 0 atom stereocenters. The van der Waals surface area contributed by atoms with Crippen LogP contribution in [0.3, 0.4) is 0 Å². The van der Waals surface area contributed by atoms with E-state index in [1.807, 2.05) is 13.8 Å². The number of benzene rings is 1. The SMILES string of the molecule is CCC(CC)(Cc1ccc(C(=O)Oc2ccc(C(=N)N)cc2F)s1)C(=O)NCC(=O)O.Cl. The highest BCUT2D eigenvalue weighted by Crippen LogP contribution is 2.34. The van der Waals surface area contributed by atoms with E-state index in [0.29, 0.717) is 19.3 Å². The van der Waals surface area contributed by atoms with E-state index < -0.39 is 29.7 Å². The first-order valence-electron chi connectivity index (χ1n) is 9.56. The van der Waals surface area contributed by atoms with Crippen molar-refractivity contribution in [2.75, 3.05) is 6.54 Å². The number of ether oxygens (including phenoxy) is 1. The Labute approximate surface area is 194 Å². The summed E-state index contributed by atoms with van der Waals surface area (Å²) in [5, 5.41) is 18.5. The first kappa shape index (κ1) is 27.1. The van der Waals surface area contributed by atoms with Gasteiger partial charge in [0.2, 0.25) is 5.91 Å². The number of carboxylic acids is 1. The summed E-state index contributed by atoms with van der Waals surface area (Å²) in [4.78, 5) is 36.8. The summed E-state index contributed by atoms with van der Waals surface area (Å²) >= 11 is 1.13. The van der Waals surface area contributed by atoms with Crippen LogP contribution in [0.25, 0.3) is 0 Å². The van der Waals surface area contributed by atoms with Crippen LogP contribution < -0.4 is 15.8 Å². The molecular formula is C21H25ClFN3O5S. The lowest BCUT2D eigenvalue weighted by molar-refractivity contribution is -0.140. The zero-order valence-corrected chi connectivity index (χ0v) is 19.2. The molecule has 2 aromatic rings. The standard InChI is InChI=1S/C21H24FN3O5S.ClH/c1-3-21(4-2,20(29)25-11-17(26)27)10-13-6-8-16(31-13)19(28)30-15-7-5-12(18(23)24)9-14(15)22;/h5-9H,3-4,10-11H2,1-2H3,(H3,23,24)(H,25,29)(H,26,27);1H. The molecule has 32 heavy (non-hydrogen) atoms. The number of carbonyl (C=O) groups is 3. The first-order valence-corrected chi connectivity index (χ1v) is 10.4. The number of rotatable bonds is 10. The molecule has 174 valence electrons. The molecule has 0 unspecified atom stereocenters. The van der Waals surface area contributed by atoms with Gasteiger partial charge in [0.15, 0.2) is 11.6 Å². The second kappa shape index (κ2) is 11.6. The van der Waals surface area contributed by atoms with E-state index in [2.05, 4.69) is 5.32 Å². The van der Waals surface area contributed by atoms with E-state index in [0.717, 1.165) is 22.3 Å². The third-order valence-electron chi connectivity index (χ3n) is 5.06. The number of thiophene rings is 1. The Morgan fingerprint density at radius 1 is 1.22 bits per heavy atom. The molecule has 0 aliphatic carbocycles. The molecule has 0 fully saturated rings. The molecule has 1 amide bonds. The van der Waals surface area contributed by atoms with Crippen molar-refractivity contribution in [3.8, 4) is 5.75 Å². The minimum absolute atomic E-state index is 0. The fourth-order valence-electron chi connectivity index (χ4n) is 3.06. The zero-order valence-electron chi connectivity index (χ0n) is 17.6. The zero-order chi connectivity index (χ0) is 23.2. The average molecular weight is 486 g/mol. The predicted molar refractivity (Wildman–Crippen MR) is 121 cm³/mol. The lowest BCUT2D eigenvalue weighted by Crippen LogP contribution is -2.43. The van der Waals surface area contributed by atoms with Crippen LogP contribution in [-0.4, -0.2) is 35.3 Å². The molecule has 1 heterocycles. The molecule has 0 spiro atoms. The van der Waals surface area contributed by atoms with Crippen molar-refractivity contribution >= 4 is 47.4 Å². The number of amidine groups is 1. The van der Waals surface area contributed by atoms with Gasteiger partial charge in [-0.1, -0.05) is 13.8 Å². The van der Waals surface area contributed by atoms with Crippen molar-refractivity contribution < 1.29 is 28.6 Å². The van der Waals surface area contributed by atoms with E-state index in [4.69, 9.17) is 21.0 Å². The topological polar surface area (TPSA) is 143 Å². The number of hydrogen-bond acceptors (Lipinski definition) is 6. The maximum atomic E-state index is 14.1. The third-order valence-corrected chi connectivity index (χ3v) is 6.12. The summed E-state index contributed by atoms with van der Waals surface area (Å²) in [7, 11) is 0. The van der Waals surface area contributed by atoms with Crippen molar-refractivity contribution in [1.82, 2.24) is 5.32 Å². The van der Waals surface area contributed by atoms with Gasteiger partial charge in [0.1, 0.15) is 17.3 Å². The van der Waals surface area contributed by atoms with Gasteiger partial charge in [-0.3, -0.25) is 15.0 Å². The lowest BCUT2D eigenvalue weighted by Gasteiger charge is -2.29. The van der Waals surface area contributed by atoms with E-state index >= 15 is 0 Å². The summed E-state index contributed by atoms with van der Waals surface area (Å²) in [5.41, 5.74) is 4.67. The normalized spacial score (nSPS) is 10.7. The highest BCUT2D eigenvalue weighted by molar-refractivity contribution is 7.14. The van der Waals surface area contributed by atoms with Crippen LogP contribution in [0.4, 0.5) is 4.39 Å². The maximum absolute atomic E-state index is 14.1. The summed E-state index contributed by atoms with van der Waals surface area (Å²) in [6.45, 7) is 3.23. The van der Waals surface area contributed by atoms with E-state index in [9.17, 15) is 18.8 Å². The van der Waals surface area contributed by atoms with E-state index in [1.54, 1.807) is 6.07 Å². The molecule has 0 saturated carbocycles. The Balaban J connectivity index is 0.00000512. The summed E-state index contributed by atoms with van der Waals surface area (Å²) < 4.78 is 19.2. The van der Waals surface area contributed by atoms with Gasteiger partial charge >= 0.3 is 11.9 Å². The average Bonchev–Trinajstić information content (AvgIpc) is 3.20. The van der Waals surface area contributed by atoms with Crippen LogP contribution in [0, 0.1) is 16.6 Å². The Morgan fingerprint density at radius 2 is 1.88 bits per heavy atom. The Kier molecular flexibility index (Phi) is 9.80. The first-order chi connectivity index (χ1) is 14.6. The number of nitrogens with two attached hydrogens (primary N) is 1. The van der Waals surface area contributed by atoms with Crippen LogP contribution in [-0.2, 0) is 16.0 Å². The highest BCUT2D eigenvalue weighted by atomic mass is 35.5. The second-order valence-electron chi connectivity index (χ2n) is 6.95. The van der Waals surface area contributed by atoms with Crippen LogP contribution in [0.5, 0.6) is 5.75 Å². The minimum atomic E-state index is -1.13. The lowest BCUT2D eigenvalue weighted by atomic mass is 9.78. The van der Waals surface area contributed by atoms with E-state index in [1.165, 1.54) is 18.2 Å². The van der Waals surface area contributed by atoms with Crippen molar-refractivity contribution in [3.05, 3.63) is 51.5 Å². The largest absolute Gasteiger partial charge is 0.480 e. The predicted octanol–water partition coefficient (Wildman–Crippen LogP) is 3.36. The second-order valence-corrected chi connectivity index (χ2v) is 8.12. The highest BCUT2D eigenvalue weighted by Gasteiger charge is 2.35. The number of nitrogen functional groups attached to an aromatic ring is 1. The van der Waals surface area contributed by atoms with Gasteiger partial charge in [0, 0.05) is 10.4 Å². The number of amides is 1. The van der Waals surface area contributed by atoms with Gasteiger partial charge in [-0.25, -0.2) is 9.18 Å². The van der Waals surface area contributed by atoms with Crippen LogP contribution in [0.1, 0.15) is 46.8 Å². The molecule has 8 nitrogen and oxygen atoms in total. The Hall–Kier alpha value is -2.98. The number of esters is 1. The van der Waals surface area contributed by atoms with Gasteiger partial charge in [0.25, 0.3) is 0 Å². The molecule has 2 rings (SSSR count). The van der Waals surface area contributed by atoms with Crippen molar-refractivity contribution in [2.45, 2.75) is 33.1 Å². The van der Waals surface area contributed by atoms with Crippen molar-refractivity contribution in [1.29, 1.82) is 5.41 Å². The van der Waals surface area contributed by atoms with Crippen LogP contribution in [0.2, 0.25) is 0 Å². The summed E-state index contributed by atoms with van der Waals surface area (Å²) in [5.74, 6) is -3.63. The minimum Gasteiger partial charge on any atom is -0.480 e. The number of carbonyl (C=O) groups excluding carboxylic acids is 2. The van der Waals surface area contributed by atoms with Gasteiger partial charge in [-0.2, -0.15) is 0 Å². The maximum Gasteiger partial charge on any atom is 0.353 e. The Bertz CT molecular complexity index is 1010. The van der Waals surface area contributed by atoms with Gasteiger partial charge in [-0.15, -0.1) is 23.7 Å². The smallest absolute Gasteiger partial charge is 0.353 e. The number of nitrogens with one attached hydrogen (secondary N) is 2. The molecule has 0 aliphatic rings. The third kappa shape index (κ3) is 6.51. The number of aliphatic carboxylic acids is 1. The van der Waals surface area contributed by atoms with Crippen LogP contribution in [0.15, 0.2) is 30.3 Å². The molecule has 0 radical (unpaired) electrons. The van der Waals surface area contributed by atoms with Crippen LogP contribution >= 0.6 is 23.7 Å². The van der Waals surface area contributed by atoms with Gasteiger partial charge in [0.05, 0.1) is 5.41 Å². The molecule has 1 aromatic heterocycles. The number of halogens is 2. The van der Waals surface area contributed by atoms with Gasteiger partial charge < -0.3 is 20.9 Å². The fraction of sp³-hybridized carbons (Fsp3) is 0.333. The summed E-state index contributed by atoms with van der Waals surface area (Å²) in [6, 6.07) is 6.85. The number of hydrogen-bond donors (Lipinski definition) is 4. The molecule has 0 saturated heterocycles.